The third-order valence-electron chi connectivity index (χ3n) is 2.13. The highest BCUT2D eigenvalue weighted by atomic mass is 14.9. The van der Waals surface area contributed by atoms with Crippen LogP contribution in [0.1, 0.15) is 31.0 Å². The molecule has 74 valence electrons. The minimum absolute atomic E-state index is 0.198. The van der Waals surface area contributed by atoms with Gasteiger partial charge in [0.2, 0.25) is 0 Å². The third-order valence-corrected chi connectivity index (χ3v) is 2.13. The van der Waals surface area contributed by atoms with Gasteiger partial charge >= 0.3 is 0 Å². The molecule has 0 bridgehead atoms. The fraction of sp³-hybridized carbons (Fsp3) is 0.417. The fourth-order valence-corrected chi connectivity index (χ4v) is 1.44. The van der Waals surface area contributed by atoms with Crippen LogP contribution in [0.3, 0.4) is 0 Å². The molecule has 1 unspecified atom stereocenters. The van der Waals surface area contributed by atoms with Crippen LogP contribution in [-0.4, -0.2) is 6.04 Å². The van der Waals surface area contributed by atoms with E-state index in [0.29, 0.717) is 6.04 Å². The number of benzene rings is 1. The zero-order valence-electron chi connectivity index (χ0n) is 8.91. The molecular weight excluding hydrogens is 172 g/mol. The maximum absolute atomic E-state index is 9.04. The summed E-state index contributed by atoms with van der Waals surface area (Å²) in [7, 11) is 0. The Morgan fingerprint density at radius 1 is 1.29 bits per heavy atom. The van der Waals surface area contributed by atoms with Crippen molar-refractivity contribution in [3.63, 3.8) is 0 Å². The van der Waals surface area contributed by atoms with Crippen molar-refractivity contribution < 1.29 is 0 Å². The Morgan fingerprint density at radius 3 is 2.43 bits per heavy atom. The SMILES string of the molecule is Cc1ccccc1C(C#N)NC(C)C. The molecule has 1 N–H and O–H groups in total. The first-order chi connectivity index (χ1) is 6.65. The summed E-state index contributed by atoms with van der Waals surface area (Å²) in [6.07, 6.45) is 0. The van der Waals surface area contributed by atoms with Crippen molar-refractivity contribution in [3.05, 3.63) is 35.4 Å². The van der Waals surface area contributed by atoms with E-state index in [4.69, 9.17) is 5.26 Å². The minimum Gasteiger partial charge on any atom is -0.296 e. The van der Waals surface area contributed by atoms with Gasteiger partial charge in [0.1, 0.15) is 6.04 Å². The molecule has 2 heteroatoms. The number of nitriles is 1. The Hall–Kier alpha value is -1.33. The van der Waals surface area contributed by atoms with Crippen molar-refractivity contribution in [1.29, 1.82) is 5.26 Å². The van der Waals surface area contributed by atoms with Gasteiger partial charge in [0, 0.05) is 6.04 Å². The van der Waals surface area contributed by atoms with Crippen molar-refractivity contribution >= 4 is 0 Å². The van der Waals surface area contributed by atoms with Gasteiger partial charge < -0.3 is 0 Å². The van der Waals surface area contributed by atoms with Crippen LogP contribution < -0.4 is 5.32 Å². The zero-order valence-corrected chi connectivity index (χ0v) is 8.91. The maximum atomic E-state index is 9.04. The molecule has 14 heavy (non-hydrogen) atoms. The van der Waals surface area contributed by atoms with E-state index in [-0.39, 0.29) is 6.04 Å². The monoisotopic (exact) mass is 188 g/mol. The van der Waals surface area contributed by atoms with Gasteiger partial charge in [-0.1, -0.05) is 24.3 Å². The quantitative estimate of drug-likeness (QED) is 0.791. The predicted octanol–water partition coefficient (Wildman–Crippen LogP) is 2.56. The molecule has 1 aromatic carbocycles. The number of aryl methyl sites for hydroxylation is 1. The standard InChI is InChI=1S/C12H16N2/c1-9(2)14-12(8-13)11-7-5-4-6-10(11)3/h4-7,9,12,14H,1-3H3. The van der Waals surface area contributed by atoms with Gasteiger partial charge in [0.15, 0.2) is 0 Å². The average Bonchev–Trinajstić information content (AvgIpc) is 2.15. The lowest BCUT2D eigenvalue weighted by atomic mass is 10.0. The number of nitrogens with zero attached hydrogens (tertiary/aromatic N) is 1. The third kappa shape index (κ3) is 2.58. The molecular formula is C12H16N2. The predicted molar refractivity (Wildman–Crippen MR) is 57.8 cm³/mol. The molecule has 0 spiro atoms. The van der Waals surface area contributed by atoms with E-state index in [2.05, 4.69) is 11.4 Å². The van der Waals surface area contributed by atoms with Crippen LogP contribution in [0.2, 0.25) is 0 Å². The van der Waals surface area contributed by atoms with Crippen LogP contribution >= 0.6 is 0 Å². The molecule has 1 rings (SSSR count). The van der Waals surface area contributed by atoms with Crippen molar-refractivity contribution in [2.75, 3.05) is 0 Å². The van der Waals surface area contributed by atoms with Crippen molar-refractivity contribution in [1.82, 2.24) is 5.32 Å². The highest BCUT2D eigenvalue weighted by molar-refractivity contribution is 5.32. The van der Waals surface area contributed by atoms with E-state index in [0.717, 1.165) is 11.1 Å². The lowest BCUT2D eigenvalue weighted by Gasteiger charge is -2.16. The van der Waals surface area contributed by atoms with Gasteiger partial charge in [-0.15, -0.1) is 0 Å². The summed E-state index contributed by atoms with van der Waals surface area (Å²) >= 11 is 0. The Morgan fingerprint density at radius 2 is 1.93 bits per heavy atom. The van der Waals surface area contributed by atoms with Gasteiger partial charge in [-0.3, -0.25) is 5.32 Å². The maximum Gasteiger partial charge on any atom is 0.121 e. The zero-order chi connectivity index (χ0) is 10.6. The van der Waals surface area contributed by atoms with Crippen LogP contribution in [0.25, 0.3) is 0 Å². The van der Waals surface area contributed by atoms with Crippen molar-refractivity contribution in [2.24, 2.45) is 0 Å². The Balaban J connectivity index is 2.91. The molecule has 0 saturated heterocycles. The Bertz CT molecular complexity index is 336. The van der Waals surface area contributed by atoms with Gasteiger partial charge in [-0.2, -0.15) is 5.26 Å². The lowest BCUT2D eigenvalue weighted by Crippen LogP contribution is -2.27. The van der Waals surface area contributed by atoms with E-state index in [9.17, 15) is 0 Å². The molecule has 0 aliphatic heterocycles. The summed E-state index contributed by atoms with van der Waals surface area (Å²) in [5.41, 5.74) is 2.23. The van der Waals surface area contributed by atoms with Crippen LogP contribution in [0.15, 0.2) is 24.3 Å². The van der Waals surface area contributed by atoms with Crippen LogP contribution in [-0.2, 0) is 0 Å². The topological polar surface area (TPSA) is 35.8 Å². The summed E-state index contributed by atoms with van der Waals surface area (Å²) < 4.78 is 0. The van der Waals surface area contributed by atoms with E-state index < -0.39 is 0 Å². The molecule has 0 heterocycles. The molecule has 1 aromatic rings. The second-order valence-corrected chi connectivity index (χ2v) is 3.74. The smallest absolute Gasteiger partial charge is 0.121 e. The molecule has 0 radical (unpaired) electrons. The lowest BCUT2D eigenvalue weighted by molar-refractivity contribution is 0.545. The first-order valence-electron chi connectivity index (χ1n) is 4.86. The molecule has 0 aliphatic rings. The first kappa shape index (κ1) is 10.7. The summed E-state index contributed by atoms with van der Waals surface area (Å²) in [4.78, 5) is 0. The minimum atomic E-state index is -0.198. The largest absolute Gasteiger partial charge is 0.296 e. The van der Waals surface area contributed by atoms with E-state index in [1.807, 2.05) is 45.0 Å². The molecule has 0 amide bonds. The summed E-state index contributed by atoms with van der Waals surface area (Å²) in [6, 6.07) is 10.4. The van der Waals surface area contributed by atoms with Crippen LogP contribution in [0.4, 0.5) is 0 Å². The molecule has 0 aromatic heterocycles. The Kier molecular flexibility index (Phi) is 3.67. The van der Waals surface area contributed by atoms with E-state index in [1.165, 1.54) is 0 Å². The molecule has 0 saturated carbocycles. The normalized spacial score (nSPS) is 12.5. The molecule has 0 aliphatic carbocycles. The molecule has 0 fully saturated rings. The number of nitrogens with one attached hydrogen (secondary N) is 1. The van der Waals surface area contributed by atoms with E-state index in [1.54, 1.807) is 0 Å². The fourth-order valence-electron chi connectivity index (χ4n) is 1.44. The summed E-state index contributed by atoms with van der Waals surface area (Å²) in [5.74, 6) is 0. The van der Waals surface area contributed by atoms with Crippen LogP contribution in [0.5, 0.6) is 0 Å². The highest BCUT2D eigenvalue weighted by Crippen LogP contribution is 2.16. The molecule has 2 nitrogen and oxygen atoms in total. The van der Waals surface area contributed by atoms with Gasteiger partial charge in [-0.05, 0) is 31.9 Å². The number of hydrogen-bond acceptors (Lipinski definition) is 2. The highest BCUT2D eigenvalue weighted by Gasteiger charge is 2.12. The van der Waals surface area contributed by atoms with Gasteiger partial charge in [-0.25, -0.2) is 0 Å². The van der Waals surface area contributed by atoms with Crippen molar-refractivity contribution in [2.45, 2.75) is 32.9 Å². The van der Waals surface area contributed by atoms with Crippen molar-refractivity contribution in [3.8, 4) is 6.07 Å². The van der Waals surface area contributed by atoms with Crippen LogP contribution in [0, 0.1) is 18.3 Å². The Labute approximate surface area is 85.6 Å². The summed E-state index contributed by atoms with van der Waals surface area (Å²) in [5, 5.41) is 12.3. The molecule has 1 atom stereocenters. The number of rotatable bonds is 3. The van der Waals surface area contributed by atoms with Gasteiger partial charge in [0.25, 0.3) is 0 Å². The average molecular weight is 188 g/mol. The van der Waals surface area contributed by atoms with E-state index >= 15 is 0 Å². The number of hydrogen-bond donors (Lipinski definition) is 1. The second-order valence-electron chi connectivity index (χ2n) is 3.74. The summed E-state index contributed by atoms with van der Waals surface area (Å²) in [6.45, 7) is 6.12. The first-order valence-corrected chi connectivity index (χ1v) is 4.86. The second kappa shape index (κ2) is 4.78. The van der Waals surface area contributed by atoms with Gasteiger partial charge in [0.05, 0.1) is 6.07 Å².